The van der Waals surface area contributed by atoms with Crippen molar-refractivity contribution >= 4 is 5.91 Å². The SMILES string of the molecule is CCCC(N)CC(=O)NCCCOCC1CCCO1. The Bertz CT molecular complexity index is 243. The average Bonchev–Trinajstić information content (AvgIpc) is 2.86. The van der Waals surface area contributed by atoms with E-state index in [1.165, 1.54) is 0 Å². The summed E-state index contributed by atoms with van der Waals surface area (Å²) in [5.74, 6) is 0.0417. The Morgan fingerprint density at radius 3 is 3.11 bits per heavy atom. The van der Waals surface area contributed by atoms with Crippen LogP contribution in [0.2, 0.25) is 0 Å². The maximum Gasteiger partial charge on any atom is 0.221 e. The summed E-state index contributed by atoms with van der Waals surface area (Å²) in [6, 6.07) is -0.0132. The van der Waals surface area contributed by atoms with Gasteiger partial charge >= 0.3 is 0 Å². The molecule has 5 nitrogen and oxygen atoms in total. The quantitative estimate of drug-likeness (QED) is 0.586. The van der Waals surface area contributed by atoms with Crippen LogP contribution in [0.5, 0.6) is 0 Å². The van der Waals surface area contributed by atoms with Gasteiger partial charge in [-0.1, -0.05) is 13.3 Å². The second-order valence-electron chi connectivity index (χ2n) is 5.17. The molecule has 0 aromatic rings. The highest BCUT2D eigenvalue weighted by molar-refractivity contribution is 5.76. The number of rotatable bonds is 10. The lowest BCUT2D eigenvalue weighted by Gasteiger charge is -2.11. The van der Waals surface area contributed by atoms with Crippen molar-refractivity contribution in [2.75, 3.05) is 26.4 Å². The summed E-state index contributed by atoms with van der Waals surface area (Å²) in [6.45, 7) is 4.94. The van der Waals surface area contributed by atoms with Crippen molar-refractivity contribution in [3.05, 3.63) is 0 Å². The standard InChI is InChI=1S/C14H28N2O3/c1-2-5-12(15)10-14(17)16-7-4-8-18-11-13-6-3-9-19-13/h12-13H,2-11,15H2,1H3,(H,16,17). The molecule has 5 heteroatoms. The minimum atomic E-state index is -0.0132. The zero-order chi connectivity index (χ0) is 13.9. The molecule has 1 aliphatic heterocycles. The van der Waals surface area contributed by atoms with Crippen LogP contribution in [-0.4, -0.2) is 44.4 Å². The highest BCUT2D eigenvalue weighted by Crippen LogP contribution is 2.11. The molecule has 1 saturated heterocycles. The number of nitrogens with one attached hydrogen (secondary N) is 1. The third kappa shape index (κ3) is 8.18. The van der Waals surface area contributed by atoms with Gasteiger partial charge in [0.25, 0.3) is 0 Å². The van der Waals surface area contributed by atoms with Crippen molar-refractivity contribution in [2.45, 2.75) is 57.6 Å². The van der Waals surface area contributed by atoms with Crippen LogP contribution in [0.4, 0.5) is 0 Å². The molecule has 0 bridgehead atoms. The first-order chi connectivity index (χ1) is 9.22. The summed E-state index contributed by atoms with van der Waals surface area (Å²) in [5, 5.41) is 2.87. The van der Waals surface area contributed by atoms with E-state index >= 15 is 0 Å². The van der Waals surface area contributed by atoms with Crippen molar-refractivity contribution in [1.82, 2.24) is 5.32 Å². The second-order valence-corrected chi connectivity index (χ2v) is 5.17. The molecule has 1 fully saturated rings. The van der Waals surface area contributed by atoms with Crippen molar-refractivity contribution in [3.63, 3.8) is 0 Å². The fraction of sp³-hybridized carbons (Fsp3) is 0.929. The van der Waals surface area contributed by atoms with Gasteiger partial charge in [0.05, 0.1) is 12.7 Å². The Balaban J connectivity index is 1.88. The highest BCUT2D eigenvalue weighted by atomic mass is 16.5. The average molecular weight is 272 g/mol. The summed E-state index contributed by atoms with van der Waals surface area (Å²) in [7, 11) is 0. The molecule has 2 atom stereocenters. The fourth-order valence-corrected chi connectivity index (χ4v) is 2.18. The molecule has 0 spiro atoms. The summed E-state index contributed by atoms with van der Waals surface area (Å²) in [4.78, 5) is 11.5. The van der Waals surface area contributed by atoms with Gasteiger partial charge in [-0.2, -0.15) is 0 Å². The number of hydrogen-bond acceptors (Lipinski definition) is 4. The summed E-state index contributed by atoms with van der Waals surface area (Å²) in [6.07, 6.45) is 5.70. The van der Waals surface area contributed by atoms with E-state index in [9.17, 15) is 4.79 Å². The van der Waals surface area contributed by atoms with E-state index in [4.69, 9.17) is 15.2 Å². The predicted molar refractivity (Wildman–Crippen MR) is 74.9 cm³/mol. The van der Waals surface area contributed by atoms with E-state index < -0.39 is 0 Å². The monoisotopic (exact) mass is 272 g/mol. The Morgan fingerprint density at radius 2 is 2.42 bits per heavy atom. The summed E-state index contributed by atoms with van der Waals surface area (Å²) < 4.78 is 11.0. The van der Waals surface area contributed by atoms with E-state index in [0.717, 1.165) is 38.7 Å². The van der Waals surface area contributed by atoms with Gasteiger partial charge < -0.3 is 20.5 Å². The smallest absolute Gasteiger partial charge is 0.221 e. The minimum Gasteiger partial charge on any atom is -0.379 e. The van der Waals surface area contributed by atoms with E-state index in [0.29, 0.717) is 26.2 Å². The number of amides is 1. The highest BCUT2D eigenvalue weighted by Gasteiger charge is 2.14. The maximum atomic E-state index is 11.5. The first kappa shape index (κ1) is 16.4. The molecular formula is C14H28N2O3. The van der Waals surface area contributed by atoms with E-state index in [2.05, 4.69) is 12.2 Å². The predicted octanol–water partition coefficient (Wildman–Crippen LogP) is 1.21. The van der Waals surface area contributed by atoms with Crippen LogP contribution in [0.15, 0.2) is 0 Å². The molecule has 0 saturated carbocycles. The number of hydrogen-bond donors (Lipinski definition) is 2. The van der Waals surface area contributed by atoms with Crippen molar-refractivity contribution in [3.8, 4) is 0 Å². The third-order valence-electron chi connectivity index (χ3n) is 3.22. The molecule has 1 rings (SSSR count). The summed E-state index contributed by atoms with van der Waals surface area (Å²) in [5.41, 5.74) is 5.81. The van der Waals surface area contributed by atoms with E-state index in [1.807, 2.05) is 0 Å². The molecular weight excluding hydrogens is 244 g/mol. The molecule has 1 heterocycles. The van der Waals surface area contributed by atoms with E-state index in [1.54, 1.807) is 0 Å². The van der Waals surface area contributed by atoms with Crippen molar-refractivity contribution in [2.24, 2.45) is 5.73 Å². The fourth-order valence-electron chi connectivity index (χ4n) is 2.18. The second kappa shape index (κ2) is 10.2. The lowest BCUT2D eigenvalue weighted by atomic mass is 10.1. The Labute approximate surface area is 116 Å². The lowest BCUT2D eigenvalue weighted by molar-refractivity contribution is -0.121. The van der Waals surface area contributed by atoms with Gasteiger partial charge in [-0.3, -0.25) is 4.79 Å². The molecule has 2 unspecified atom stereocenters. The zero-order valence-corrected chi connectivity index (χ0v) is 12.0. The topological polar surface area (TPSA) is 73.6 Å². The molecule has 1 amide bonds. The largest absolute Gasteiger partial charge is 0.379 e. The number of nitrogens with two attached hydrogens (primary N) is 1. The third-order valence-corrected chi connectivity index (χ3v) is 3.22. The van der Waals surface area contributed by atoms with Crippen LogP contribution >= 0.6 is 0 Å². The number of carbonyl (C=O) groups is 1. The van der Waals surface area contributed by atoms with Crippen molar-refractivity contribution in [1.29, 1.82) is 0 Å². The van der Waals surface area contributed by atoms with Gasteiger partial charge in [0.1, 0.15) is 0 Å². The molecule has 112 valence electrons. The van der Waals surface area contributed by atoms with E-state index in [-0.39, 0.29) is 18.1 Å². The molecule has 0 aliphatic carbocycles. The molecule has 0 radical (unpaired) electrons. The summed E-state index contributed by atoms with van der Waals surface area (Å²) >= 11 is 0. The molecule has 0 aromatic carbocycles. The van der Waals surface area contributed by atoms with Crippen LogP contribution in [0.3, 0.4) is 0 Å². The normalized spacial score (nSPS) is 20.4. The van der Waals surface area contributed by atoms with Crippen LogP contribution < -0.4 is 11.1 Å². The van der Waals surface area contributed by atoms with Crippen LogP contribution in [-0.2, 0) is 14.3 Å². The Kier molecular flexibility index (Phi) is 8.79. The van der Waals surface area contributed by atoms with Gasteiger partial charge in [0, 0.05) is 32.2 Å². The van der Waals surface area contributed by atoms with Crippen molar-refractivity contribution < 1.29 is 14.3 Å². The Morgan fingerprint density at radius 1 is 1.58 bits per heavy atom. The molecule has 19 heavy (non-hydrogen) atoms. The van der Waals surface area contributed by atoms with Gasteiger partial charge in [0.2, 0.25) is 5.91 Å². The first-order valence-electron chi connectivity index (χ1n) is 7.44. The van der Waals surface area contributed by atoms with Gasteiger partial charge in [-0.25, -0.2) is 0 Å². The number of carbonyl (C=O) groups excluding carboxylic acids is 1. The van der Waals surface area contributed by atoms with Crippen LogP contribution in [0.1, 0.15) is 45.4 Å². The lowest BCUT2D eigenvalue weighted by Crippen LogP contribution is -2.32. The minimum absolute atomic E-state index is 0.0132. The molecule has 1 aliphatic rings. The van der Waals surface area contributed by atoms with Gasteiger partial charge in [0.15, 0.2) is 0 Å². The Hall–Kier alpha value is -0.650. The van der Waals surface area contributed by atoms with Gasteiger partial charge in [-0.05, 0) is 25.7 Å². The zero-order valence-electron chi connectivity index (χ0n) is 12.0. The van der Waals surface area contributed by atoms with Crippen LogP contribution in [0.25, 0.3) is 0 Å². The van der Waals surface area contributed by atoms with Crippen LogP contribution in [0, 0.1) is 0 Å². The first-order valence-corrected chi connectivity index (χ1v) is 7.44. The maximum absolute atomic E-state index is 11.5. The molecule has 3 N–H and O–H groups in total. The molecule has 0 aromatic heterocycles. The number of ether oxygens (including phenoxy) is 2. The van der Waals surface area contributed by atoms with Gasteiger partial charge in [-0.15, -0.1) is 0 Å².